The number of rotatable bonds is 3. The van der Waals surface area contributed by atoms with Gasteiger partial charge in [0.2, 0.25) is 0 Å². The van der Waals surface area contributed by atoms with Gasteiger partial charge in [0.15, 0.2) is 0 Å². The lowest BCUT2D eigenvalue weighted by Crippen LogP contribution is -2.40. The fourth-order valence-electron chi connectivity index (χ4n) is 2.19. The summed E-state index contributed by atoms with van der Waals surface area (Å²) in [5.41, 5.74) is 3.36. The molecule has 0 saturated heterocycles. The summed E-state index contributed by atoms with van der Waals surface area (Å²) in [4.78, 5) is 27.9. The van der Waals surface area contributed by atoms with Crippen LogP contribution in [0.1, 0.15) is 28.5 Å². The number of para-hydroxylation sites is 1. The molecule has 1 unspecified atom stereocenters. The number of amides is 1. The predicted molar refractivity (Wildman–Crippen MR) is 77.0 cm³/mol. The van der Waals surface area contributed by atoms with Gasteiger partial charge in [0.1, 0.15) is 6.04 Å². The van der Waals surface area contributed by atoms with Crippen molar-refractivity contribution in [1.29, 1.82) is 0 Å². The number of aromatic amines is 1. The number of hydrogen-bond acceptors (Lipinski definition) is 2. The summed E-state index contributed by atoms with van der Waals surface area (Å²) in [6, 6.07) is 4.61. The fourth-order valence-corrected chi connectivity index (χ4v) is 2.19. The van der Waals surface area contributed by atoms with E-state index in [1.165, 1.54) is 18.9 Å². The highest BCUT2D eigenvalue weighted by molar-refractivity contribution is 6.07. The largest absolute Gasteiger partial charge is 0.480 e. The second-order valence-electron chi connectivity index (χ2n) is 5.03. The van der Waals surface area contributed by atoms with Crippen LogP contribution in [-0.2, 0) is 4.79 Å². The number of carbonyl (C=O) groups is 2. The summed E-state index contributed by atoms with van der Waals surface area (Å²) < 4.78 is 0. The molecule has 1 atom stereocenters. The molecule has 1 amide bonds. The lowest BCUT2D eigenvalue weighted by atomic mass is 10.1. The first-order chi connectivity index (χ1) is 9.34. The zero-order valence-electron chi connectivity index (χ0n) is 12.0. The van der Waals surface area contributed by atoms with Gasteiger partial charge >= 0.3 is 5.97 Å². The molecule has 0 aliphatic heterocycles. The van der Waals surface area contributed by atoms with Crippen molar-refractivity contribution in [2.45, 2.75) is 26.8 Å². The molecule has 0 aliphatic rings. The number of aliphatic carboxylic acids is 1. The number of fused-ring (bicyclic) bond motifs is 1. The second kappa shape index (κ2) is 5.00. The van der Waals surface area contributed by atoms with Crippen LogP contribution in [0.15, 0.2) is 18.2 Å². The Bertz CT molecular complexity index is 688. The first kappa shape index (κ1) is 14.1. The second-order valence-corrected chi connectivity index (χ2v) is 5.03. The normalized spacial score (nSPS) is 12.4. The maximum absolute atomic E-state index is 12.5. The predicted octanol–water partition coefficient (Wildman–Crippen LogP) is 2.33. The number of hydrogen-bond donors (Lipinski definition) is 2. The molecule has 0 spiro atoms. The van der Waals surface area contributed by atoms with Gasteiger partial charge in [-0.05, 0) is 32.4 Å². The zero-order chi connectivity index (χ0) is 15.0. The molecule has 106 valence electrons. The van der Waals surface area contributed by atoms with Gasteiger partial charge in [-0.3, -0.25) is 4.79 Å². The highest BCUT2D eigenvalue weighted by Gasteiger charge is 2.24. The number of H-pyrrole nitrogens is 1. The summed E-state index contributed by atoms with van der Waals surface area (Å²) in [5, 5.41) is 10.00. The van der Waals surface area contributed by atoms with Gasteiger partial charge in [0.05, 0.1) is 11.1 Å². The van der Waals surface area contributed by atoms with Crippen LogP contribution in [0.3, 0.4) is 0 Å². The minimum atomic E-state index is -1.02. The number of nitrogens with zero attached hydrogens (tertiary/aromatic N) is 1. The van der Waals surface area contributed by atoms with Crippen LogP contribution in [0.4, 0.5) is 0 Å². The molecule has 2 rings (SSSR count). The van der Waals surface area contributed by atoms with E-state index in [1.54, 1.807) is 6.07 Å². The van der Waals surface area contributed by atoms with E-state index in [9.17, 15) is 9.59 Å². The van der Waals surface area contributed by atoms with E-state index in [0.717, 1.165) is 22.2 Å². The molecule has 0 saturated carbocycles. The van der Waals surface area contributed by atoms with Crippen LogP contribution in [0, 0.1) is 13.8 Å². The van der Waals surface area contributed by atoms with Crippen LogP contribution in [0.5, 0.6) is 0 Å². The molecule has 2 N–H and O–H groups in total. The third-order valence-electron chi connectivity index (χ3n) is 3.83. The smallest absolute Gasteiger partial charge is 0.326 e. The summed E-state index contributed by atoms with van der Waals surface area (Å²) in [7, 11) is 1.50. The van der Waals surface area contributed by atoms with Gasteiger partial charge in [-0.2, -0.15) is 0 Å². The quantitative estimate of drug-likeness (QED) is 0.902. The molecule has 1 heterocycles. The van der Waals surface area contributed by atoms with Gasteiger partial charge in [-0.25, -0.2) is 4.79 Å². The average Bonchev–Trinajstić information content (AvgIpc) is 2.72. The molecule has 0 fully saturated rings. The molecule has 2 aromatic rings. The molecule has 0 radical (unpaired) electrons. The third-order valence-corrected chi connectivity index (χ3v) is 3.83. The summed E-state index contributed by atoms with van der Waals surface area (Å²) >= 11 is 0. The van der Waals surface area contributed by atoms with Crippen LogP contribution >= 0.6 is 0 Å². The molecule has 1 aromatic heterocycles. The number of carboxylic acids is 1. The van der Waals surface area contributed by atoms with Gasteiger partial charge < -0.3 is 15.0 Å². The third kappa shape index (κ3) is 2.15. The Morgan fingerprint density at radius 1 is 1.30 bits per heavy atom. The number of nitrogens with one attached hydrogen (secondary N) is 1. The van der Waals surface area contributed by atoms with Crippen molar-refractivity contribution in [3.8, 4) is 0 Å². The molecule has 0 bridgehead atoms. The minimum Gasteiger partial charge on any atom is -0.480 e. The Kier molecular flexibility index (Phi) is 3.53. The van der Waals surface area contributed by atoms with Crippen molar-refractivity contribution in [2.75, 3.05) is 7.05 Å². The number of benzene rings is 1. The Morgan fingerprint density at radius 2 is 1.95 bits per heavy atom. The first-order valence-electron chi connectivity index (χ1n) is 6.42. The van der Waals surface area contributed by atoms with Gasteiger partial charge in [0, 0.05) is 18.1 Å². The van der Waals surface area contributed by atoms with Crippen LogP contribution in [0.25, 0.3) is 10.9 Å². The lowest BCUT2D eigenvalue weighted by Gasteiger charge is -2.21. The highest BCUT2D eigenvalue weighted by atomic mass is 16.4. The average molecular weight is 274 g/mol. The molecule has 0 aliphatic carbocycles. The standard InChI is InChI=1S/C15H18N2O3/c1-8-9(2)16-13-11(8)6-5-7-12(13)14(18)17(4)10(3)15(19)20/h5-7,10,16H,1-4H3,(H,19,20). The lowest BCUT2D eigenvalue weighted by molar-refractivity contribution is -0.141. The molecule has 5 heteroatoms. The van der Waals surface area contributed by atoms with Crippen molar-refractivity contribution in [2.24, 2.45) is 0 Å². The van der Waals surface area contributed by atoms with E-state index in [1.807, 2.05) is 26.0 Å². The van der Waals surface area contributed by atoms with Crippen LogP contribution < -0.4 is 0 Å². The highest BCUT2D eigenvalue weighted by Crippen LogP contribution is 2.25. The van der Waals surface area contributed by atoms with Gasteiger partial charge in [-0.1, -0.05) is 12.1 Å². The molecular formula is C15H18N2O3. The van der Waals surface area contributed by atoms with Crippen molar-refractivity contribution in [3.05, 3.63) is 35.0 Å². The van der Waals surface area contributed by atoms with Crippen molar-refractivity contribution in [3.63, 3.8) is 0 Å². The Labute approximate surface area is 117 Å². The van der Waals surface area contributed by atoms with Crippen LogP contribution in [0.2, 0.25) is 0 Å². The monoisotopic (exact) mass is 274 g/mol. The van der Waals surface area contributed by atoms with E-state index in [-0.39, 0.29) is 5.91 Å². The molecule has 5 nitrogen and oxygen atoms in total. The van der Waals surface area contributed by atoms with Crippen molar-refractivity contribution in [1.82, 2.24) is 9.88 Å². The van der Waals surface area contributed by atoms with E-state index < -0.39 is 12.0 Å². The molecule has 20 heavy (non-hydrogen) atoms. The number of likely N-dealkylation sites (N-methyl/N-ethyl adjacent to an activating group) is 1. The first-order valence-corrected chi connectivity index (χ1v) is 6.42. The Balaban J connectivity index is 2.50. The van der Waals surface area contributed by atoms with E-state index >= 15 is 0 Å². The summed E-state index contributed by atoms with van der Waals surface area (Å²) in [5.74, 6) is -1.32. The van der Waals surface area contributed by atoms with Gasteiger partial charge in [-0.15, -0.1) is 0 Å². The summed E-state index contributed by atoms with van der Waals surface area (Å²) in [6.07, 6.45) is 0. The number of aryl methyl sites for hydroxylation is 2. The maximum Gasteiger partial charge on any atom is 0.326 e. The van der Waals surface area contributed by atoms with Crippen molar-refractivity contribution < 1.29 is 14.7 Å². The SMILES string of the molecule is Cc1[nH]c2c(C(=O)N(C)C(C)C(=O)O)cccc2c1C. The number of carbonyl (C=O) groups excluding carboxylic acids is 1. The van der Waals surface area contributed by atoms with E-state index in [0.29, 0.717) is 5.56 Å². The Morgan fingerprint density at radius 3 is 2.55 bits per heavy atom. The zero-order valence-corrected chi connectivity index (χ0v) is 12.0. The van der Waals surface area contributed by atoms with Crippen LogP contribution in [-0.4, -0.2) is 40.0 Å². The minimum absolute atomic E-state index is 0.299. The van der Waals surface area contributed by atoms with E-state index in [4.69, 9.17) is 5.11 Å². The van der Waals surface area contributed by atoms with E-state index in [2.05, 4.69) is 4.98 Å². The fraction of sp³-hybridized carbons (Fsp3) is 0.333. The molecule has 1 aromatic carbocycles. The topological polar surface area (TPSA) is 73.4 Å². The van der Waals surface area contributed by atoms with Crippen molar-refractivity contribution >= 4 is 22.8 Å². The summed E-state index contributed by atoms with van der Waals surface area (Å²) in [6.45, 7) is 5.44. The van der Waals surface area contributed by atoms with Gasteiger partial charge in [0.25, 0.3) is 5.91 Å². The maximum atomic E-state index is 12.5. The Hall–Kier alpha value is -2.30. The molecular weight excluding hydrogens is 256 g/mol. The number of aromatic nitrogens is 1. The number of carboxylic acid groups (broad SMARTS) is 1.